The zero-order chi connectivity index (χ0) is 12.7. The van der Waals surface area contributed by atoms with E-state index in [4.69, 9.17) is 9.52 Å². The first-order valence-corrected chi connectivity index (χ1v) is 6.11. The molecule has 1 rings (SSSR count). The van der Waals surface area contributed by atoms with Gasteiger partial charge in [0.15, 0.2) is 0 Å². The van der Waals surface area contributed by atoms with Crippen LogP contribution >= 0.6 is 0 Å². The lowest BCUT2D eigenvalue weighted by Crippen LogP contribution is -2.14. The normalized spacial score (nSPS) is 11.0. The second-order valence-corrected chi connectivity index (χ2v) is 4.67. The summed E-state index contributed by atoms with van der Waals surface area (Å²) in [4.78, 5) is 10.6. The molecule has 96 valence electrons. The summed E-state index contributed by atoms with van der Waals surface area (Å²) < 4.78 is 5.13. The summed E-state index contributed by atoms with van der Waals surface area (Å²) in [5.74, 6) is 0.487. The van der Waals surface area contributed by atoms with E-state index in [1.165, 1.54) is 19.1 Å². The molecule has 0 saturated carbocycles. The van der Waals surface area contributed by atoms with Crippen molar-refractivity contribution < 1.29 is 14.3 Å². The van der Waals surface area contributed by atoms with Crippen LogP contribution in [0.2, 0.25) is 0 Å². The summed E-state index contributed by atoms with van der Waals surface area (Å²) in [7, 11) is 0. The molecule has 0 saturated heterocycles. The molecule has 0 radical (unpaired) electrons. The molecule has 1 heterocycles. The Labute approximate surface area is 102 Å². The predicted molar refractivity (Wildman–Crippen MR) is 66.1 cm³/mol. The Kier molecular flexibility index (Phi) is 5.77. The average Bonchev–Trinajstić information content (AvgIpc) is 2.71. The first kappa shape index (κ1) is 13.8. The highest BCUT2D eigenvalue weighted by Gasteiger charge is 2.07. The van der Waals surface area contributed by atoms with E-state index in [0.717, 1.165) is 18.9 Å². The van der Waals surface area contributed by atoms with E-state index in [1.54, 1.807) is 6.07 Å². The van der Waals surface area contributed by atoms with Crippen LogP contribution in [0.5, 0.6) is 0 Å². The number of furan rings is 1. The second kappa shape index (κ2) is 7.12. The summed E-state index contributed by atoms with van der Waals surface area (Å²) >= 11 is 0. The average molecular weight is 239 g/mol. The van der Waals surface area contributed by atoms with Gasteiger partial charge in [-0.1, -0.05) is 26.7 Å². The van der Waals surface area contributed by atoms with Crippen molar-refractivity contribution in [3.63, 3.8) is 0 Å². The maximum atomic E-state index is 10.6. The number of aromatic carboxylic acids is 1. The van der Waals surface area contributed by atoms with Gasteiger partial charge < -0.3 is 14.8 Å². The number of hydrogen-bond acceptors (Lipinski definition) is 3. The highest BCUT2D eigenvalue weighted by atomic mass is 16.4. The molecule has 0 bridgehead atoms. The minimum absolute atomic E-state index is 0.210. The topological polar surface area (TPSA) is 62.5 Å². The van der Waals surface area contributed by atoms with Gasteiger partial charge >= 0.3 is 5.97 Å². The van der Waals surface area contributed by atoms with E-state index in [9.17, 15) is 4.79 Å². The van der Waals surface area contributed by atoms with Gasteiger partial charge in [-0.3, -0.25) is 0 Å². The molecule has 0 atom stereocenters. The van der Waals surface area contributed by atoms with Gasteiger partial charge in [-0.05, 0) is 24.9 Å². The van der Waals surface area contributed by atoms with Crippen LogP contribution in [-0.4, -0.2) is 17.6 Å². The van der Waals surface area contributed by atoms with Gasteiger partial charge in [0.2, 0.25) is 0 Å². The van der Waals surface area contributed by atoms with Crippen LogP contribution in [0, 0.1) is 5.92 Å². The molecular weight excluding hydrogens is 218 g/mol. The van der Waals surface area contributed by atoms with Crippen LogP contribution in [0.15, 0.2) is 16.7 Å². The lowest BCUT2D eigenvalue weighted by molar-refractivity contribution is 0.0696. The Morgan fingerprint density at radius 2 is 2.24 bits per heavy atom. The van der Waals surface area contributed by atoms with Crippen molar-refractivity contribution in [3.8, 4) is 0 Å². The summed E-state index contributed by atoms with van der Waals surface area (Å²) in [6.07, 6.45) is 4.90. The van der Waals surface area contributed by atoms with E-state index in [2.05, 4.69) is 19.2 Å². The lowest BCUT2D eigenvalue weighted by atomic mass is 10.1. The number of carboxylic acids is 1. The van der Waals surface area contributed by atoms with Gasteiger partial charge in [-0.15, -0.1) is 0 Å². The Morgan fingerprint density at radius 3 is 2.82 bits per heavy atom. The molecule has 0 amide bonds. The van der Waals surface area contributed by atoms with Gasteiger partial charge in [0.05, 0.1) is 12.1 Å². The van der Waals surface area contributed by atoms with Gasteiger partial charge in [-0.2, -0.15) is 0 Å². The molecule has 0 unspecified atom stereocenters. The van der Waals surface area contributed by atoms with E-state index in [-0.39, 0.29) is 5.56 Å². The van der Waals surface area contributed by atoms with Crippen molar-refractivity contribution in [1.82, 2.24) is 5.32 Å². The fraction of sp³-hybridized carbons (Fsp3) is 0.615. The molecule has 4 nitrogen and oxygen atoms in total. The maximum Gasteiger partial charge on any atom is 0.338 e. The molecule has 2 N–H and O–H groups in total. The zero-order valence-corrected chi connectivity index (χ0v) is 10.5. The quantitative estimate of drug-likeness (QED) is 0.685. The smallest absolute Gasteiger partial charge is 0.338 e. The first-order valence-electron chi connectivity index (χ1n) is 6.11. The molecule has 0 spiro atoms. The summed E-state index contributed by atoms with van der Waals surface area (Å²) in [6, 6.07) is 1.56. The van der Waals surface area contributed by atoms with E-state index < -0.39 is 5.97 Å². The number of rotatable bonds is 8. The lowest BCUT2D eigenvalue weighted by Gasteiger charge is -2.04. The van der Waals surface area contributed by atoms with Crippen LogP contribution in [-0.2, 0) is 6.54 Å². The van der Waals surface area contributed by atoms with Crippen LogP contribution in [0.3, 0.4) is 0 Å². The molecule has 0 aliphatic rings. The standard InChI is InChI=1S/C13H21NO3/c1-10(2)5-3-4-6-14-8-12-7-11(9-17-12)13(15)16/h7,9-10,14H,3-6,8H2,1-2H3,(H,15,16). The van der Waals surface area contributed by atoms with Gasteiger partial charge in [0.1, 0.15) is 12.0 Å². The highest BCUT2D eigenvalue weighted by molar-refractivity contribution is 5.87. The molecule has 0 aromatic carbocycles. The Morgan fingerprint density at radius 1 is 1.47 bits per heavy atom. The SMILES string of the molecule is CC(C)CCCCNCc1cc(C(=O)O)co1. The molecule has 0 fully saturated rings. The molecule has 1 aromatic rings. The van der Waals surface area contributed by atoms with Crippen molar-refractivity contribution >= 4 is 5.97 Å². The number of hydrogen-bond donors (Lipinski definition) is 2. The summed E-state index contributed by atoms with van der Waals surface area (Å²) in [5, 5.41) is 12.0. The van der Waals surface area contributed by atoms with Crippen molar-refractivity contribution in [3.05, 3.63) is 23.7 Å². The van der Waals surface area contributed by atoms with Crippen LogP contribution in [0.25, 0.3) is 0 Å². The van der Waals surface area contributed by atoms with E-state index >= 15 is 0 Å². The molecule has 17 heavy (non-hydrogen) atoms. The summed E-state index contributed by atoms with van der Waals surface area (Å²) in [6.45, 7) is 5.98. The second-order valence-electron chi connectivity index (χ2n) is 4.67. The number of carboxylic acid groups (broad SMARTS) is 1. The fourth-order valence-corrected chi connectivity index (χ4v) is 1.60. The van der Waals surface area contributed by atoms with Gasteiger partial charge in [0.25, 0.3) is 0 Å². The fourth-order valence-electron chi connectivity index (χ4n) is 1.60. The minimum atomic E-state index is -0.947. The van der Waals surface area contributed by atoms with Crippen LogP contribution in [0.1, 0.15) is 49.2 Å². The minimum Gasteiger partial charge on any atom is -0.478 e. The first-order chi connectivity index (χ1) is 8.09. The molecule has 4 heteroatoms. The van der Waals surface area contributed by atoms with E-state index in [0.29, 0.717) is 12.3 Å². The van der Waals surface area contributed by atoms with E-state index in [1.807, 2.05) is 0 Å². The summed E-state index contributed by atoms with van der Waals surface area (Å²) in [5.41, 5.74) is 0.210. The molecule has 0 aliphatic carbocycles. The molecular formula is C13H21NO3. The third-order valence-electron chi connectivity index (χ3n) is 2.58. The number of nitrogens with one attached hydrogen (secondary N) is 1. The highest BCUT2D eigenvalue weighted by Crippen LogP contribution is 2.08. The largest absolute Gasteiger partial charge is 0.478 e. The number of unbranched alkanes of at least 4 members (excludes halogenated alkanes) is 1. The van der Waals surface area contributed by atoms with Crippen LogP contribution in [0.4, 0.5) is 0 Å². The molecule has 0 aliphatic heterocycles. The monoisotopic (exact) mass is 239 g/mol. The third-order valence-corrected chi connectivity index (χ3v) is 2.58. The number of carbonyl (C=O) groups is 1. The van der Waals surface area contributed by atoms with Crippen molar-refractivity contribution in [1.29, 1.82) is 0 Å². The van der Waals surface area contributed by atoms with Crippen LogP contribution < -0.4 is 5.32 Å². The van der Waals surface area contributed by atoms with Crippen molar-refractivity contribution in [2.24, 2.45) is 5.92 Å². The Bertz CT molecular complexity index is 344. The Hall–Kier alpha value is -1.29. The van der Waals surface area contributed by atoms with Gasteiger partial charge in [0, 0.05) is 0 Å². The molecule has 1 aromatic heterocycles. The maximum absolute atomic E-state index is 10.6. The predicted octanol–water partition coefficient (Wildman–Crippen LogP) is 2.89. The Balaban J connectivity index is 2.11. The third kappa shape index (κ3) is 5.54. The van der Waals surface area contributed by atoms with Crippen molar-refractivity contribution in [2.45, 2.75) is 39.7 Å². The van der Waals surface area contributed by atoms with Crippen molar-refractivity contribution in [2.75, 3.05) is 6.54 Å². The van der Waals surface area contributed by atoms with Gasteiger partial charge in [-0.25, -0.2) is 4.79 Å². The zero-order valence-electron chi connectivity index (χ0n) is 10.5.